The van der Waals surface area contributed by atoms with Gasteiger partial charge >= 0.3 is 0 Å². The summed E-state index contributed by atoms with van der Waals surface area (Å²) in [5.41, 5.74) is 2.90. The molecular weight excluding hydrogens is 380 g/mol. The van der Waals surface area contributed by atoms with E-state index in [2.05, 4.69) is 5.32 Å². The van der Waals surface area contributed by atoms with Crippen molar-refractivity contribution >= 4 is 11.8 Å². The molecule has 2 aromatic rings. The van der Waals surface area contributed by atoms with Crippen LogP contribution in [0.2, 0.25) is 0 Å². The summed E-state index contributed by atoms with van der Waals surface area (Å²) >= 11 is 0. The Kier molecular flexibility index (Phi) is 8.71. The number of aryl methyl sites for hydroxylation is 2. The highest BCUT2D eigenvalue weighted by Gasteiger charge is 2.26. The highest BCUT2D eigenvalue weighted by Crippen LogP contribution is 2.20. The molecule has 30 heavy (non-hydrogen) atoms. The number of carbonyl (C=O) groups excluding carboxylic acids is 2. The van der Waals surface area contributed by atoms with Crippen LogP contribution in [0.1, 0.15) is 37.0 Å². The van der Waals surface area contributed by atoms with Crippen molar-refractivity contribution in [2.24, 2.45) is 0 Å². The van der Waals surface area contributed by atoms with Crippen LogP contribution in [0, 0.1) is 13.8 Å². The second kappa shape index (κ2) is 11.2. The molecule has 2 rings (SSSR count). The minimum atomic E-state index is -0.627. The van der Waals surface area contributed by atoms with Crippen LogP contribution in [0.4, 0.5) is 0 Å². The van der Waals surface area contributed by atoms with E-state index in [1.165, 1.54) is 0 Å². The molecule has 1 atom stereocenters. The molecule has 6 nitrogen and oxygen atoms in total. The number of nitrogens with zero attached hydrogens (tertiary/aromatic N) is 1. The number of hydrogen-bond donors (Lipinski definition) is 1. The Morgan fingerprint density at radius 2 is 1.90 bits per heavy atom. The average molecular weight is 413 g/mol. The molecule has 2 amide bonds. The average Bonchev–Trinajstić information content (AvgIpc) is 2.75. The number of carbonyl (C=O) groups is 2. The molecule has 0 aliphatic heterocycles. The summed E-state index contributed by atoms with van der Waals surface area (Å²) < 4.78 is 11.1. The van der Waals surface area contributed by atoms with Crippen molar-refractivity contribution in [3.63, 3.8) is 0 Å². The van der Waals surface area contributed by atoms with E-state index < -0.39 is 6.04 Å². The number of methoxy groups -OCH3 is 1. The molecule has 0 radical (unpaired) electrons. The van der Waals surface area contributed by atoms with Crippen molar-refractivity contribution in [3.05, 3.63) is 59.2 Å². The molecule has 1 N–H and O–H groups in total. The molecule has 0 saturated carbocycles. The van der Waals surface area contributed by atoms with Crippen molar-refractivity contribution in [3.8, 4) is 11.5 Å². The second-order valence-corrected chi connectivity index (χ2v) is 7.40. The van der Waals surface area contributed by atoms with E-state index in [9.17, 15) is 9.59 Å². The fourth-order valence-electron chi connectivity index (χ4n) is 3.03. The summed E-state index contributed by atoms with van der Waals surface area (Å²) in [6, 6.07) is 12.7. The van der Waals surface area contributed by atoms with Crippen LogP contribution in [-0.4, -0.2) is 43.0 Å². The number of ether oxygens (including phenoxy) is 2. The highest BCUT2D eigenvalue weighted by molar-refractivity contribution is 5.88. The number of nitrogens with one attached hydrogen (secondary N) is 1. The van der Waals surface area contributed by atoms with Crippen molar-refractivity contribution in [2.75, 3.05) is 20.3 Å². The van der Waals surface area contributed by atoms with Crippen molar-refractivity contribution in [2.45, 2.75) is 46.7 Å². The number of benzene rings is 2. The lowest BCUT2D eigenvalue weighted by Gasteiger charge is -2.29. The van der Waals surface area contributed by atoms with Gasteiger partial charge in [0, 0.05) is 13.1 Å². The Morgan fingerprint density at radius 1 is 1.13 bits per heavy atom. The van der Waals surface area contributed by atoms with Gasteiger partial charge in [0.1, 0.15) is 17.5 Å². The molecule has 0 saturated heterocycles. The van der Waals surface area contributed by atoms with Gasteiger partial charge < -0.3 is 19.7 Å². The van der Waals surface area contributed by atoms with E-state index in [1.54, 1.807) is 18.9 Å². The third-order valence-corrected chi connectivity index (χ3v) is 4.90. The minimum Gasteiger partial charge on any atom is -0.497 e. The Labute approximate surface area is 179 Å². The molecule has 0 aromatic heterocycles. The van der Waals surface area contributed by atoms with Gasteiger partial charge in [0.2, 0.25) is 5.91 Å². The fraction of sp³-hybridized carbons (Fsp3) is 0.417. The van der Waals surface area contributed by atoms with E-state index >= 15 is 0 Å². The molecule has 2 aromatic carbocycles. The minimum absolute atomic E-state index is 0.139. The first kappa shape index (κ1) is 23.3. The summed E-state index contributed by atoms with van der Waals surface area (Å²) in [4.78, 5) is 27.2. The Hall–Kier alpha value is -3.02. The quantitative estimate of drug-likeness (QED) is 0.647. The van der Waals surface area contributed by atoms with Crippen LogP contribution in [0.15, 0.2) is 42.5 Å². The van der Waals surface area contributed by atoms with Crippen molar-refractivity contribution in [1.29, 1.82) is 0 Å². The molecule has 0 heterocycles. The normalized spacial score (nSPS) is 11.5. The smallest absolute Gasteiger partial charge is 0.261 e. The summed E-state index contributed by atoms with van der Waals surface area (Å²) in [7, 11) is 1.60. The van der Waals surface area contributed by atoms with Gasteiger partial charge in [-0.1, -0.05) is 31.2 Å². The molecule has 162 valence electrons. The van der Waals surface area contributed by atoms with Gasteiger partial charge in [-0.2, -0.15) is 0 Å². The predicted octanol–water partition coefficient (Wildman–Crippen LogP) is 3.63. The van der Waals surface area contributed by atoms with Gasteiger partial charge in [-0.25, -0.2) is 0 Å². The van der Waals surface area contributed by atoms with Gasteiger partial charge in [-0.15, -0.1) is 0 Å². The first-order valence-electron chi connectivity index (χ1n) is 10.3. The molecule has 0 aliphatic rings. The van der Waals surface area contributed by atoms with Crippen LogP contribution in [0.25, 0.3) is 0 Å². The summed E-state index contributed by atoms with van der Waals surface area (Å²) in [6.45, 7) is 8.36. The van der Waals surface area contributed by atoms with Gasteiger partial charge in [-0.05, 0) is 62.1 Å². The lowest BCUT2D eigenvalue weighted by molar-refractivity contribution is -0.142. The lowest BCUT2D eigenvalue weighted by atomic mass is 10.1. The van der Waals surface area contributed by atoms with Gasteiger partial charge in [0.25, 0.3) is 5.91 Å². The van der Waals surface area contributed by atoms with E-state index in [0.717, 1.165) is 23.1 Å². The van der Waals surface area contributed by atoms with Gasteiger partial charge in [-0.3, -0.25) is 9.59 Å². The monoisotopic (exact) mass is 412 g/mol. The maximum absolute atomic E-state index is 13.1. The van der Waals surface area contributed by atoms with Crippen molar-refractivity contribution < 1.29 is 19.1 Å². The fourth-order valence-corrected chi connectivity index (χ4v) is 3.03. The topological polar surface area (TPSA) is 67.9 Å². The van der Waals surface area contributed by atoms with Crippen LogP contribution < -0.4 is 14.8 Å². The van der Waals surface area contributed by atoms with Crippen LogP contribution >= 0.6 is 0 Å². The van der Waals surface area contributed by atoms with Crippen LogP contribution in [-0.2, 0) is 16.1 Å². The number of hydrogen-bond acceptors (Lipinski definition) is 4. The van der Waals surface area contributed by atoms with E-state index in [1.807, 2.05) is 63.2 Å². The lowest BCUT2D eigenvalue weighted by Crippen LogP contribution is -2.49. The van der Waals surface area contributed by atoms with E-state index in [4.69, 9.17) is 9.47 Å². The zero-order valence-corrected chi connectivity index (χ0v) is 18.5. The molecule has 6 heteroatoms. The van der Waals surface area contributed by atoms with E-state index in [-0.39, 0.29) is 25.0 Å². The summed E-state index contributed by atoms with van der Waals surface area (Å²) in [6.07, 6.45) is 0.831. The second-order valence-electron chi connectivity index (χ2n) is 7.40. The van der Waals surface area contributed by atoms with E-state index in [0.29, 0.717) is 18.0 Å². The highest BCUT2D eigenvalue weighted by atomic mass is 16.5. The summed E-state index contributed by atoms with van der Waals surface area (Å²) in [5, 5.41) is 2.87. The largest absolute Gasteiger partial charge is 0.497 e. The standard InChI is InChI=1S/C24H32N2O4/c1-6-12-25-24(28)19(4)26(15-20-8-7-9-21(14-20)29-5)23(27)16-30-22-13-17(2)10-11-18(22)3/h7-11,13-14,19H,6,12,15-16H2,1-5H3,(H,25,28)/t19-/m0/s1. The van der Waals surface area contributed by atoms with Crippen molar-refractivity contribution in [1.82, 2.24) is 10.2 Å². The zero-order chi connectivity index (χ0) is 22.1. The molecule has 0 fully saturated rings. The maximum atomic E-state index is 13.1. The van der Waals surface area contributed by atoms with Gasteiger partial charge in [0.15, 0.2) is 6.61 Å². The predicted molar refractivity (Wildman–Crippen MR) is 118 cm³/mol. The zero-order valence-electron chi connectivity index (χ0n) is 18.5. The van der Waals surface area contributed by atoms with Crippen LogP contribution in [0.5, 0.6) is 11.5 Å². The Morgan fingerprint density at radius 3 is 2.60 bits per heavy atom. The Bertz CT molecular complexity index is 866. The third kappa shape index (κ3) is 6.51. The Balaban J connectivity index is 2.18. The molecule has 0 bridgehead atoms. The third-order valence-electron chi connectivity index (χ3n) is 4.90. The molecule has 0 unspecified atom stereocenters. The van der Waals surface area contributed by atoms with Gasteiger partial charge in [0.05, 0.1) is 7.11 Å². The number of amides is 2. The summed E-state index contributed by atoms with van der Waals surface area (Å²) in [5.74, 6) is 0.945. The SMILES string of the molecule is CCCNC(=O)[C@H](C)N(Cc1cccc(OC)c1)C(=O)COc1cc(C)ccc1C. The molecular formula is C24H32N2O4. The number of rotatable bonds is 10. The molecule has 0 aliphatic carbocycles. The molecule has 0 spiro atoms. The first-order chi connectivity index (χ1) is 14.3. The first-order valence-corrected chi connectivity index (χ1v) is 10.3. The maximum Gasteiger partial charge on any atom is 0.261 e. The van der Waals surface area contributed by atoms with Crippen LogP contribution in [0.3, 0.4) is 0 Å².